The monoisotopic (exact) mass is 594 g/mol. The molecule has 1 aromatic heterocycles. The summed E-state index contributed by atoms with van der Waals surface area (Å²) >= 11 is 5.50. The quantitative estimate of drug-likeness (QED) is 0.179. The first-order chi connectivity index (χ1) is 19.4. The Balaban J connectivity index is 1.51. The van der Waals surface area contributed by atoms with Crippen molar-refractivity contribution in [1.29, 1.82) is 0 Å². The second-order valence-corrected chi connectivity index (χ2v) is 10.8. The lowest BCUT2D eigenvalue weighted by atomic mass is 9.73. The number of aromatic nitrogens is 1. The van der Waals surface area contributed by atoms with Crippen molar-refractivity contribution in [3.63, 3.8) is 0 Å². The molecule has 2 bridgehead atoms. The van der Waals surface area contributed by atoms with Gasteiger partial charge in [-0.3, -0.25) is 9.88 Å². The molecule has 3 fully saturated rings. The van der Waals surface area contributed by atoms with Crippen LogP contribution in [0.2, 0.25) is 0 Å². The van der Waals surface area contributed by atoms with Gasteiger partial charge in [0.15, 0.2) is 5.11 Å². The third-order valence-corrected chi connectivity index (χ3v) is 8.21. The number of thiocarbonyl (C=S) groups is 1. The highest BCUT2D eigenvalue weighted by Gasteiger charge is 2.43. The van der Waals surface area contributed by atoms with Crippen molar-refractivity contribution in [1.82, 2.24) is 15.2 Å². The highest BCUT2D eigenvalue weighted by Crippen LogP contribution is 2.43. The molecule has 3 aromatic rings. The maximum atomic E-state index is 13.4. The first-order valence-corrected chi connectivity index (χ1v) is 13.4. The fourth-order valence-electron chi connectivity index (χ4n) is 5.99. The molecule has 3 aliphatic rings. The topological polar surface area (TPSA) is 49.4 Å². The van der Waals surface area contributed by atoms with Gasteiger partial charge in [0, 0.05) is 29.9 Å². The zero-order valence-corrected chi connectivity index (χ0v) is 22.8. The van der Waals surface area contributed by atoms with Crippen molar-refractivity contribution in [3.8, 4) is 5.75 Å². The van der Waals surface area contributed by atoms with Gasteiger partial charge in [0.2, 0.25) is 0 Å². The number of ether oxygens (including phenoxy) is 1. The maximum absolute atomic E-state index is 13.4. The highest BCUT2D eigenvalue weighted by molar-refractivity contribution is 7.80. The lowest BCUT2D eigenvalue weighted by Crippen LogP contribution is -2.57. The molecule has 4 heterocycles. The molecule has 0 aliphatic carbocycles. The molecule has 2 N–H and O–H groups in total. The largest absolute Gasteiger partial charge is 0.497 e. The zero-order valence-electron chi connectivity index (χ0n) is 22.0. The van der Waals surface area contributed by atoms with Crippen molar-refractivity contribution < 1.29 is 31.1 Å². The van der Waals surface area contributed by atoms with Crippen molar-refractivity contribution in [2.75, 3.05) is 25.5 Å². The van der Waals surface area contributed by atoms with Crippen molar-refractivity contribution >= 4 is 33.9 Å². The second-order valence-electron chi connectivity index (χ2n) is 10.4. The van der Waals surface area contributed by atoms with Crippen LogP contribution in [-0.4, -0.2) is 41.2 Å². The van der Waals surface area contributed by atoms with Gasteiger partial charge in [-0.2, -0.15) is 26.3 Å². The standard InChI is InChI=1S/C29H28F6N4OS/c1-3-16-15-39-9-7-17(16)10-25(39)26(22-6-8-36-24-5-4-21(40-2)14-23(22)24)38-27(41)37-20-12-18(28(30,31)32)11-19(13-20)29(33,34)35/h3-6,8,11-14,16-17,25-26H,1,7,9-10,15H2,2H3,(H2,37,38,41)/t16?,17-,25-,26+/m0/s1. The van der Waals surface area contributed by atoms with E-state index in [9.17, 15) is 26.3 Å². The van der Waals surface area contributed by atoms with E-state index < -0.39 is 35.2 Å². The molecule has 41 heavy (non-hydrogen) atoms. The number of benzene rings is 2. The Morgan fingerprint density at radius 3 is 2.39 bits per heavy atom. The molecular formula is C29H28F6N4OS. The zero-order chi connectivity index (χ0) is 29.5. The van der Waals surface area contributed by atoms with Crippen LogP contribution in [0.3, 0.4) is 0 Å². The maximum Gasteiger partial charge on any atom is 0.416 e. The number of halogens is 6. The number of nitrogens with one attached hydrogen (secondary N) is 2. The van der Waals surface area contributed by atoms with Crippen LogP contribution in [0, 0.1) is 11.8 Å². The minimum absolute atomic E-state index is 0.0475. The van der Waals surface area contributed by atoms with Crippen LogP contribution in [0.15, 0.2) is 61.3 Å². The van der Waals surface area contributed by atoms with Crippen LogP contribution < -0.4 is 15.4 Å². The number of anilines is 1. The predicted octanol–water partition coefficient (Wildman–Crippen LogP) is 7.21. The molecule has 0 saturated carbocycles. The number of alkyl halides is 6. The molecule has 3 saturated heterocycles. The van der Waals surface area contributed by atoms with Crippen LogP contribution in [0.25, 0.3) is 10.9 Å². The fraction of sp³-hybridized carbons (Fsp3) is 0.379. The van der Waals surface area contributed by atoms with Gasteiger partial charge in [0.25, 0.3) is 0 Å². The van der Waals surface area contributed by atoms with Gasteiger partial charge in [0.05, 0.1) is 29.8 Å². The molecule has 218 valence electrons. The summed E-state index contributed by atoms with van der Waals surface area (Å²) in [6, 6.07) is 8.15. The highest BCUT2D eigenvalue weighted by atomic mass is 32.1. The van der Waals surface area contributed by atoms with Gasteiger partial charge >= 0.3 is 12.4 Å². The van der Waals surface area contributed by atoms with E-state index in [1.807, 2.05) is 24.3 Å². The second kappa shape index (κ2) is 11.1. The van der Waals surface area contributed by atoms with Crippen molar-refractivity contribution in [2.24, 2.45) is 11.8 Å². The average molecular weight is 595 g/mol. The number of hydrogen-bond donors (Lipinski definition) is 2. The summed E-state index contributed by atoms with van der Waals surface area (Å²) in [5.41, 5.74) is -1.71. The molecule has 0 amide bonds. The van der Waals surface area contributed by atoms with Crippen LogP contribution >= 0.6 is 12.2 Å². The van der Waals surface area contributed by atoms with Crippen LogP contribution in [-0.2, 0) is 12.4 Å². The Morgan fingerprint density at radius 2 is 1.80 bits per heavy atom. The molecular weight excluding hydrogens is 566 g/mol. The van der Waals surface area contributed by atoms with E-state index in [1.54, 1.807) is 19.4 Å². The number of nitrogens with zero attached hydrogens (tertiary/aromatic N) is 2. The van der Waals surface area contributed by atoms with E-state index in [0.717, 1.165) is 36.9 Å². The van der Waals surface area contributed by atoms with E-state index in [0.29, 0.717) is 35.2 Å². The van der Waals surface area contributed by atoms with Gasteiger partial charge in [-0.25, -0.2) is 0 Å². The van der Waals surface area contributed by atoms with E-state index >= 15 is 0 Å². The number of pyridine rings is 1. The summed E-state index contributed by atoms with van der Waals surface area (Å²) in [5, 5.41) is 6.52. The van der Waals surface area contributed by atoms with E-state index in [1.165, 1.54) is 0 Å². The number of methoxy groups -OCH3 is 1. The molecule has 0 radical (unpaired) electrons. The predicted molar refractivity (Wildman–Crippen MR) is 149 cm³/mol. The van der Waals surface area contributed by atoms with E-state index in [4.69, 9.17) is 17.0 Å². The number of piperidine rings is 3. The van der Waals surface area contributed by atoms with Crippen LogP contribution in [0.4, 0.5) is 32.0 Å². The summed E-state index contributed by atoms with van der Waals surface area (Å²) in [6.07, 6.45) is -4.48. The van der Waals surface area contributed by atoms with Gasteiger partial charge in [-0.05, 0) is 91.5 Å². The Labute approximate surface area is 238 Å². The summed E-state index contributed by atoms with van der Waals surface area (Å²) < 4.78 is 86.0. The minimum Gasteiger partial charge on any atom is -0.497 e. The van der Waals surface area contributed by atoms with Crippen molar-refractivity contribution in [3.05, 3.63) is 78.0 Å². The Morgan fingerprint density at radius 1 is 1.10 bits per heavy atom. The number of fused-ring (bicyclic) bond motifs is 4. The Kier molecular flexibility index (Phi) is 7.90. The van der Waals surface area contributed by atoms with Gasteiger partial charge in [-0.1, -0.05) is 6.08 Å². The van der Waals surface area contributed by atoms with Crippen molar-refractivity contribution in [2.45, 2.75) is 37.3 Å². The fourth-order valence-corrected chi connectivity index (χ4v) is 6.23. The normalized spacial score (nSPS) is 23.2. The molecule has 5 atom stereocenters. The number of rotatable bonds is 6. The van der Waals surface area contributed by atoms with Gasteiger partial charge < -0.3 is 15.4 Å². The molecule has 5 nitrogen and oxygen atoms in total. The van der Waals surface area contributed by atoms with Crippen LogP contribution in [0.1, 0.15) is 35.6 Å². The lowest BCUT2D eigenvalue weighted by molar-refractivity contribution is -0.143. The van der Waals surface area contributed by atoms with E-state index in [2.05, 4.69) is 27.1 Å². The minimum atomic E-state index is -4.97. The lowest BCUT2D eigenvalue weighted by Gasteiger charge is -2.52. The third-order valence-electron chi connectivity index (χ3n) is 7.99. The summed E-state index contributed by atoms with van der Waals surface area (Å²) in [6.45, 7) is 5.63. The molecule has 12 heteroatoms. The van der Waals surface area contributed by atoms with Gasteiger partial charge in [-0.15, -0.1) is 6.58 Å². The molecule has 0 spiro atoms. The molecule has 2 unspecified atom stereocenters. The summed E-state index contributed by atoms with van der Waals surface area (Å²) in [5.74, 6) is 1.35. The summed E-state index contributed by atoms with van der Waals surface area (Å²) in [4.78, 5) is 6.80. The van der Waals surface area contributed by atoms with Gasteiger partial charge in [0.1, 0.15) is 5.75 Å². The molecule has 6 rings (SSSR count). The average Bonchev–Trinajstić information content (AvgIpc) is 2.94. The Hall–Kier alpha value is -3.38. The Bertz CT molecular complexity index is 1430. The van der Waals surface area contributed by atoms with E-state index in [-0.39, 0.29) is 17.2 Å². The third kappa shape index (κ3) is 6.13. The smallest absolute Gasteiger partial charge is 0.416 e. The van der Waals surface area contributed by atoms with Crippen LogP contribution in [0.5, 0.6) is 5.75 Å². The number of hydrogen-bond acceptors (Lipinski definition) is 4. The molecule has 2 aromatic carbocycles. The summed E-state index contributed by atoms with van der Waals surface area (Å²) in [7, 11) is 1.55. The molecule has 3 aliphatic heterocycles. The first-order valence-electron chi connectivity index (χ1n) is 13.0. The first kappa shape index (κ1) is 29.1. The SMILES string of the molecule is C=CC1CN2CC[C@H]1C[C@H]2[C@H](NC(=S)Nc1cc(C(F)(F)F)cc(C(F)(F)F)c1)c1ccnc2ccc(OC)cc12.